The molecule has 0 bridgehead atoms. The second kappa shape index (κ2) is 7.48. The van der Waals surface area contributed by atoms with Gasteiger partial charge in [0, 0.05) is 12.6 Å². The molecule has 20 heavy (non-hydrogen) atoms. The van der Waals surface area contributed by atoms with E-state index in [1.165, 1.54) is 13.5 Å². The monoisotopic (exact) mass is 275 g/mol. The number of carbonyl (C=O) groups is 2. The van der Waals surface area contributed by atoms with Gasteiger partial charge in [0.2, 0.25) is 5.91 Å². The highest BCUT2D eigenvalue weighted by molar-refractivity contribution is 6.15. The molecule has 1 aliphatic rings. The number of benzene rings is 1. The van der Waals surface area contributed by atoms with Crippen molar-refractivity contribution < 1.29 is 14.3 Å². The fourth-order valence-electron chi connectivity index (χ4n) is 1.70. The number of imide groups is 1. The van der Waals surface area contributed by atoms with Crippen molar-refractivity contribution in [3.8, 4) is 5.75 Å². The molecule has 1 aliphatic heterocycles. The van der Waals surface area contributed by atoms with Gasteiger partial charge in [0.05, 0.1) is 13.5 Å². The van der Waals surface area contributed by atoms with Crippen molar-refractivity contribution in [1.29, 1.82) is 0 Å². The molecule has 4 heteroatoms. The molecular formula is C16H21NO3. The van der Waals surface area contributed by atoms with E-state index in [9.17, 15) is 9.59 Å². The van der Waals surface area contributed by atoms with Gasteiger partial charge in [0.25, 0.3) is 5.91 Å². The van der Waals surface area contributed by atoms with E-state index in [4.69, 9.17) is 4.74 Å². The summed E-state index contributed by atoms with van der Waals surface area (Å²) in [6, 6.07) is 7.33. The molecule has 0 N–H and O–H groups in total. The van der Waals surface area contributed by atoms with Crippen molar-refractivity contribution in [3.63, 3.8) is 0 Å². The number of carbonyl (C=O) groups excluding carboxylic acids is 2. The van der Waals surface area contributed by atoms with Gasteiger partial charge in [-0.25, -0.2) is 0 Å². The number of rotatable bonds is 2. The van der Waals surface area contributed by atoms with Crippen LogP contribution in [-0.4, -0.2) is 30.9 Å². The number of hydrogen-bond donors (Lipinski definition) is 0. The maximum Gasteiger partial charge on any atom is 0.256 e. The zero-order valence-corrected chi connectivity index (χ0v) is 12.5. The smallest absolute Gasteiger partial charge is 0.256 e. The summed E-state index contributed by atoms with van der Waals surface area (Å²) in [5, 5.41) is 0. The lowest BCUT2D eigenvalue weighted by molar-refractivity contribution is -0.135. The third-order valence-electron chi connectivity index (χ3n) is 2.75. The van der Waals surface area contributed by atoms with Gasteiger partial charge in [-0.2, -0.15) is 0 Å². The van der Waals surface area contributed by atoms with Gasteiger partial charge in [0.1, 0.15) is 5.75 Å². The van der Waals surface area contributed by atoms with Crippen molar-refractivity contribution in [2.45, 2.75) is 26.7 Å². The molecule has 1 aromatic carbocycles. The zero-order valence-electron chi connectivity index (χ0n) is 12.5. The highest BCUT2D eigenvalue weighted by Crippen LogP contribution is 2.21. The summed E-state index contributed by atoms with van der Waals surface area (Å²) < 4.78 is 5.04. The third kappa shape index (κ3) is 3.95. The molecule has 4 nitrogen and oxygen atoms in total. The molecule has 1 heterocycles. The average molecular weight is 275 g/mol. The van der Waals surface area contributed by atoms with E-state index < -0.39 is 0 Å². The lowest BCUT2D eigenvalue weighted by Crippen LogP contribution is -2.23. The topological polar surface area (TPSA) is 46.6 Å². The number of amides is 2. The molecular weight excluding hydrogens is 254 g/mol. The Balaban J connectivity index is 0.000000612. The Bertz CT molecular complexity index is 503. The minimum absolute atomic E-state index is 0.158. The van der Waals surface area contributed by atoms with E-state index in [2.05, 4.69) is 13.8 Å². The number of hydrogen-bond acceptors (Lipinski definition) is 3. The zero-order chi connectivity index (χ0) is 15.1. The van der Waals surface area contributed by atoms with Crippen molar-refractivity contribution in [1.82, 2.24) is 4.90 Å². The van der Waals surface area contributed by atoms with Gasteiger partial charge in [0.15, 0.2) is 0 Å². The Morgan fingerprint density at radius 2 is 1.75 bits per heavy atom. The van der Waals surface area contributed by atoms with E-state index in [0.717, 1.165) is 16.2 Å². The highest BCUT2D eigenvalue weighted by Gasteiger charge is 2.30. The molecule has 0 aliphatic carbocycles. The van der Waals surface area contributed by atoms with Gasteiger partial charge < -0.3 is 4.74 Å². The SMILES string of the molecule is CCC.COc1ccc(C=C2CC(=O)N(C)C2=O)cc1. The molecule has 0 atom stereocenters. The van der Waals surface area contributed by atoms with Crippen LogP contribution in [-0.2, 0) is 9.59 Å². The Kier molecular flexibility index (Phi) is 5.97. The van der Waals surface area contributed by atoms with Crippen LogP contribution in [0.3, 0.4) is 0 Å². The first kappa shape index (κ1) is 16.0. The van der Waals surface area contributed by atoms with Crippen LogP contribution in [0, 0.1) is 0 Å². The fourth-order valence-corrected chi connectivity index (χ4v) is 1.70. The maximum absolute atomic E-state index is 11.7. The predicted molar refractivity (Wildman–Crippen MR) is 79.3 cm³/mol. The van der Waals surface area contributed by atoms with Gasteiger partial charge >= 0.3 is 0 Å². The second-order valence-corrected chi connectivity index (χ2v) is 4.58. The minimum Gasteiger partial charge on any atom is -0.497 e. The number of likely N-dealkylation sites (tertiary alicyclic amines) is 1. The van der Waals surface area contributed by atoms with Gasteiger partial charge in [-0.05, 0) is 23.8 Å². The number of methoxy groups -OCH3 is 1. The first-order valence-electron chi connectivity index (χ1n) is 6.69. The molecule has 2 rings (SSSR count). The van der Waals surface area contributed by atoms with Crippen LogP contribution in [0.2, 0.25) is 0 Å². The summed E-state index contributed by atoms with van der Waals surface area (Å²) in [6.07, 6.45) is 3.17. The number of likely N-dealkylation sites (N-methyl/N-ethyl adjacent to an activating group) is 1. The number of ether oxygens (including phenoxy) is 1. The van der Waals surface area contributed by atoms with Crippen LogP contribution < -0.4 is 4.74 Å². The summed E-state index contributed by atoms with van der Waals surface area (Å²) in [5.74, 6) is 0.388. The summed E-state index contributed by atoms with van der Waals surface area (Å²) >= 11 is 0. The van der Waals surface area contributed by atoms with Gasteiger partial charge in [-0.3, -0.25) is 14.5 Å². The number of nitrogens with zero attached hydrogens (tertiary/aromatic N) is 1. The van der Waals surface area contributed by atoms with Crippen molar-refractivity contribution in [2.75, 3.05) is 14.2 Å². The van der Waals surface area contributed by atoms with E-state index in [0.29, 0.717) is 5.57 Å². The quantitative estimate of drug-likeness (QED) is 0.616. The maximum atomic E-state index is 11.7. The molecule has 108 valence electrons. The minimum atomic E-state index is -0.217. The summed E-state index contributed by atoms with van der Waals surface area (Å²) in [4.78, 5) is 24.1. The molecule has 0 unspecified atom stereocenters. The first-order chi connectivity index (χ1) is 9.53. The Morgan fingerprint density at radius 3 is 2.15 bits per heavy atom. The van der Waals surface area contributed by atoms with E-state index in [1.807, 2.05) is 24.3 Å². The predicted octanol–water partition coefficient (Wildman–Crippen LogP) is 2.88. The van der Waals surface area contributed by atoms with E-state index in [-0.39, 0.29) is 18.2 Å². The van der Waals surface area contributed by atoms with Crippen molar-refractivity contribution in [3.05, 3.63) is 35.4 Å². The van der Waals surface area contributed by atoms with Crippen molar-refractivity contribution in [2.24, 2.45) is 0 Å². The highest BCUT2D eigenvalue weighted by atomic mass is 16.5. The van der Waals surface area contributed by atoms with Crippen LogP contribution in [0.4, 0.5) is 0 Å². The van der Waals surface area contributed by atoms with Crippen LogP contribution in [0.5, 0.6) is 5.75 Å². The van der Waals surface area contributed by atoms with Crippen LogP contribution in [0.1, 0.15) is 32.3 Å². The summed E-state index contributed by atoms with van der Waals surface area (Å²) in [6.45, 7) is 4.25. The molecule has 2 amide bonds. The Hall–Kier alpha value is -2.10. The van der Waals surface area contributed by atoms with Gasteiger partial charge in [-0.15, -0.1) is 0 Å². The standard InChI is InChI=1S/C13H13NO3.C3H8/c1-14-12(15)8-10(13(14)16)7-9-3-5-11(17-2)6-4-9;1-3-2/h3-7H,8H2,1-2H3;3H2,1-2H3. The van der Waals surface area contributed by atoms with E-state index in [1.54, 1.807) is 13.2 Å². The molecule has 1 saturated heterocycles. The average Bonchev–Trinajstić information content (AvgIpc) is 2.68. The van der Waals surface area contributed by atoms with Crippen molar-refractivity contribution >= 4 is 17.9 Å². The molecule has 0 aromatic heterocycles. The third-order valence-corrected chi connectivity index (χ3v) is 2.75. The first-order valence-corrected chi connectivity index (χ1v) is 6.69. The fraction of sp³-hybridized carbons (Fsp3) is 0.375. The van der Waals surface area contributed by atoms with Gasteiger partial charge in [-0.1, -0.05) is 32.4 Å². The summed E-state index contributed by atoms with van der Waals surface area (Å²) in [7, 11) is 3.10. The van der Waals surface area contributed by atoms with Crippen LogP contribution >= 0.6 is 0 Å². The second-order valence-electron chi connectivity index (χ2n) is 4.58. The normalized spacial score (nSPS) is 16.2. The molecule has 0 saturated carbocycles. The molecule has 0 radical (unpaired) electrons. The molecule has 1 fully saturated rings. The lowest BCUT2D eigenvalue weighted by atomic mass is 10.1. The summed E-state index contributed by atoms with van der Waals surface area (Å²) in [5.41, 5.74) is 1.42. The lowest BCUT2D eigenvalue weighted by Gasteiger charge is -2.03. The Labute approximate surface area is 120 Å². The molecule has 0 spiro atoms. The Morgan fingerprint density at radius 1 is 1.20 bits per heavy atom. The molecule has 1 aromatic rings. The van der Waals surface area contributed by atoms with Crippen LogP contribution in [0.25, 0.3) is 6.08 Å². The van der Waals surface area contributed by atoms with E-state index >= 15 is 0 Å². The largest absolute Gasteiger partial charge is 0.497 e. The van der Waals surface area contributed by atoms with Crippen LogP contribution in [0.15, 0.2) is 29.8 Å².